The van der Waals surface area contributed by atoms with Gasteiger partial charge < -0.3 is 5.32 Å². The summed E-state index contributed by atoms with van der Waals surface area (Å²) in [4.78, 5) is 12.6. The second-order valence-corrected chi connectivity index (χ2v) is 8.88. The molecular weight excluding hydrogens is 384 g/mol. The van der Waals surface area contributed by atoms with Gasteiger partial charge in [-0.05, 0) is 47.4 Å². The molecule has 29 heavy (non-hydrogen) atoms. The van der Waals surface area contributed by atoms with E-state index in [2.05, 4.69) is 23.9 Å². The quantitative estimate of drug-likeness (QED) is 0.577. The van der Waals surface area contributed by atoms with Gasteiger partial charge in [-0.15, -0.1) is 0 Å². The van der Waals surface area contributed by atoms with Crippen LogP contribution in [0.1, 0.15) is 41.3 Å². The van der Waals surface area contributed by atoms with Crippen LogP contribution in [0.5, 0.6) is 0 Å². The molecule has 0 aromatic heterocycles. The number of rotatable bonds is 7. The summed E-state index contributed by atoms with van der Waals surface area (Å²) in [6.45, 7) is 4.22. The van der Waals surface area contributed by atoms with Crippen molar-refractivity contribution >= 4 is 27.3 Å². The van der Waals surface area contributed by atoms with Gasteiger partial charge in [0.2, 0.25) is 10.0 Å². The van der Waals surface area contributed by atoms with Crippen molar-refractivity contribution in [2.45, 2.75) is 25.5 Å². The number of sulfonamides is 1. The molecule has 5 nitrogen and oxygen atoms in total. The summed E-state index contributed by atoms with van der Waals surface area (Å²) in [5.74, 6) is -0.0151. The molecular formula is C23H24N2O3S. The Morgan fingerprint density at radius 1 is 0.862 bits per heavy atom. The minimum absolute atomic E-state index is 0.132. The number of benzene rings is 3. The predicted molar refractivity (Wildman–Crippen MR) is 118 cm³/mol. The van der Waals surface area contributed by atoms with Gasteiger partial charge >= 0.3 is 0 Å². The van der Waals surface area contributed by atoms with Crippen LogP contribution in [0.4, 0.5) is 11.4 Å². The van der Waals surface area contributed by atoms with E-state index < -0.39 is 10.0 Å². The van der Waals surface area contributed by atoms with Crippen LogP contribution < -0.4 is 10.0 Å². The van der Waals surface area contributed by atoms with Gasteiger partial charge in [-0.1, -0.05) is 62.4 Å². The monoisotopic (exact) mass is 408 g/mol. The number of hydrogen-bond donors (Lipinski definition) is 2. The molecule has 0 bridgehead atoms. The van der Waals surface area contributed by atoms with E-state index in [4.69, 9.17) is 0 Å². The van der Waals surface area contributed by atoms with Gasteiger partial charge in [0.1, 0.15) is 0 Å². The molecule has 0 heterocycles. The fourth-order valence-electron chi connectivity index (χ4n) is 2.89. The van der Waals surface area contributed by atoms with E-state index in [0.29, 0.717) is 28.4 Å². The molecule has 3 aromatic rings. The summed E-state index contributed by atoms with van der Waals surface area (Å²) in [7, 11) is -3.58. The lowest BCUT2D eigenvalue weighted by atomic mass is 10.0. The molecule has 0 atom stereocenters. The second-order valence-electron chi connectivity index (χ2n) is 7.16. The topological polar surface area (TPSA) is 75.3 Å². The van der Waals surface area contributed by atoms with Crippen molar-refractivity contribution in [3.63, 3.8) is 0 Å². The molecule has 0 radical (unpaired) electrons. The fraction of sp³-hybridized carbons (Fsp3) is 0.174. The Morgan fingerprint density at radius 2 is 1.55 bits per heavy atom. The molecule has 0 aliphatic carbocycles. The third-order valence-corrected chi connectivity index (χ3v) is 5.69. The molecule has 2 N–H and O–H groups in total. The maximum atomic E-state index is 12.6. The lowest BCUT2D eigenvalue weighted by Crippen LogP contribution is -2.16. The molecule has 0 aliphatic rings. The first-order valence-electron chi connectivity index (χ1n) is 9.38. The van der Waals surface area contributed by atoms with Crippen molar-refractivity contribution in [1.82, 2.24) is 0 Å². The fourth-order valence-corrected chi connectivity index (χ4v) is 4.08. The Morgan fingerprint density at radius 3 is 2.21 bits per heavy atom. The summed E-state index contributed by atoms with van der Waals surface area (Å²) in [6, 6.07) is 23.1. The number of carbonyl (C=O) groups excluding carboxylic acids is 1. The van der Waals surface area contributed by atoms with Crippen molar-refractivity contribution in [3.05, 3.63) is 95.6 Å². The number of anilines is 2. The molecule has 0 saturated carbocycles. The van der Waals surface area contributed by atoms with E-state index in [9.17, 15) is 13.2 Å². The molecule has 0 saturated heterocycles. The molecule has 1 amide bonds. The minimum atomic E-state index is -3.58. The Balaban J connectivity index is 1.69. The number of hydrogen-bond acceptors (Lipinski definition) is 3. The smallest absolute Gasteiger partial charge is 0.255 e. The zero-order valence-electron chi connectivity index (χ0n) is 16.4. The van der Waals surface area contributed by atoms with Crippen LogP contribution >= 0.6 is 0 Å². The highest BCUT2D eigenvalue weighted by molar-refractivity contribution is 7.91. The number of carbonyl (C=O) groups is 1. The summed E-state index contributed by atoms with van der Waals surface area (Å²) >= 11 is 0. The van der Waals surface area contributed by atoms with Gasteiger partial charge in [0.25, 0.3) is 5.91 Å². The standard InChI is InChI=1S/C23H24N2O3S/c1-17(2)19-11-13-21(14-12-19)24-23(26)20-9-6-10-22(15-20)25-29(27,28)16-18-7-4-3-5-8-18/h3-15,17,25H,16H2,1-2H3,(H,24,26). The Labute approximate surface area is 171 Å². The molecule has 6 heteroatoms. The predicted octanol–water partition coefficient (Wildman–Crippen LogP) is 5.00. The normalized spacial score (nSPS) is 11.3. The van der Waals surface area contributed by atoms with Crippen LogP contribution in [-0.4, -0.2) is 14.3 Å². The zero-order chi connectivity index (χ0) is 20.9. The molecule has 0 unspecified atom stereocenters. The van der Waals surface area contributed by atoms with E-state index >= 15 is 0 Å². The third-order valence-electron chi connectivity index (χ3n) is 4.43. The lowest BCUT2D eigenvalue weighted by molar-refractivity contribution is 0.102. The molecule has 3 aromatic carbocycles. The first-order valence-corrected chi connectivity index (χ1v) is 11.0. The lowest BCUT2D eigenvalue weighted by Gasteiger charge is -2.11. The van der Waals surface area contributed by atoms with E-state index in [1.54, 1.807) is 42.5 Å². The van der Waals surface area contributed by atoms with E-state index in [-0.39, 0.29) is 11.7 Å². The molecule has 0 fully saturated rings. The van der Waals surface area contributed by atoms with E-state index in [1.165, 1.54) is 11.6 Å². The average Bonchev–Trinajstić information content (AvgIpc) is 2.68. The number of amides is 1. The van der Waals surface area contributed by atoms with Crippen molar-refractivity contribution in [1.29, 1.82) is 0 Å². The summed E-state index contributed by atoms with van der Waals surface area (Å²) in [6.07, 6.45) is 0. The van der Waals surface area contributed by atoms with Gasteiger partial charge in [0, 0.05) is 16.9 Å². The Hall–Kier alpha value is -3.12. The van der Waals surface area contributed by atoms with E-state index in [0.717, 1.165) is 0 Å². The van der Waals surface area contributed by atoms with Gasteiger partial charge in [0.15, 0.2) is 0 Å². The SMILES string of the molecule is CC(C)c1ccc(NC(=O)c2cccc(NS(=O)(=O)Cc3ccccc3)c2)cc1. The largest absolute Gasteiger partial charge is 0.322 e. The second kappa shape index (κ2) is 8.92. The van der Waals surface area contributed by atoms with E-state index in [1.807, 2.05) is 30.3 Å². The summed E-state index contributed by atoms with van der Waals surface area (Å²) in [5, 5.41) is 2.84. The highest BCUT2D eigenvalue weighted by atomic mass is 32.2. The van der Waals surface area contributed by atoms with Crippen LogP contribution in [-0.2, 0) is 15.8 Å². The van der Waals surface area contributed by atoms with Crippen molar-refractivity contribution in [3.8, 4) is 0 Å². The first-order chi connectivity index (χ1) is 13.8. The average molecular weight is 409 g/mol. The molecule has 0 spiro atoms. The van der Waals surface area contributed by atoms with Gasteiger partial charge in [-0.25, -0.2) is 8.42 Å². The van der Waals surface area contributed by atoms with Gasteiger partial charge in [0.05, 0.1) is 5.75 Å². The maximum absolute atomic E-state index is 12.6. The third kappa shape index (κ3) is 5.93. The van der Waals surface area contributed by atoms with Crippen LogP contribution in [0.3, 0.4) is 0 Å². The van der Waals surface area contributed by atoms with Crippen molar-refractivity contribution in [2.75, 3.05) is 10.0 Å². The van der Waals surface area contributed by atoms with Crippen molar-refractivity contribution < 1.29 is 13.2 Å². The first kappa shape index (κ1) is 20.6. The van der Waals surface area contributed by atoms with Gasteiger partial charge in [-0.2, -0.15) is 0 Å². The Kier molecular flexibility index (Phi) is 6.34. The zero-order valence-corrected chi connectivity index (χ0v) is 17.2. The highest BCUT2D eigenvalue weighted by Crippen LogP contribution is 2.19. The number of nitrogens with one attached hydrogen (secondary N) is 2. The molecule has 3 rings (SSSR count). The van der Waals surface area contributed by atoms with Crippen LogP contribution in [0.25, 0.3) is 0 Å². The van der Waals surface area contributed by atoms with Gasteiger partial charge in [-0.3, -0.25) is 9.52 Å². The highest BCUT2D eigenvalue weighted by Gasteiger charge is 2.13. The van der Waals surface area contributed by atoms with Crippen LogP contribution in [0, 0.1) is 0 Å². The summed E-state index contributed by atoms with van der Waals surface area (Å²) < 4.78 is 27.4. The van der Waals surface area contributed by atoms with Crippen LogP contribution in [0.2, 0.25) is 0 Å². The molecule has 150 valence electrons. The molecule has 0 aliphatic heterocycles. The van der Waals surface area contributed by atoms with Crippen LogP contribution in [0.15, 0.2) is 78.9 Å². The Bertz CT molecular complexity index is 1080. The minimum Gasteiger partial charge on any atom is -0.322 e. The summed E-state index contributed by atoms with van der Waals surface area (Å²) in [5.41, 5.74) is 3.30. The maximum Gasteiger partial charge on any atom is 0.255 e. The van der Waals surface area contributed by atoms with Crippen molar-refractivity contribution in [2.24, 2.45) is 0 Å².